The fourth-order valence-corrected chi connectivity index (χ4v) is 1.58. The second kappa shape index (κ2) is 3.11. The van der Waals surface area contributed by atoms with E-state index in [9.17, 15) is 0 Å². The van der Waals surface area contributed by atoms with Gasteiger partial charge in [-0.3, -0.25) is 4.90 Å². The summed E-state index contributed by atoms with van der Waals surface area (Å²) in [5, 5.41) is 9.17. The second-order valence-electron chi connectivity index (χ2n) is 4.02. The van der Waals surface area contributed by atoms with Gasteiger partial charge in [0.15, 0.2) is 0 Å². The van der Waals surface area contributed by atoms with Gasteiger partial charge >= 0.3 is 0 Å². The molecule has 1 aliphatic heterocycles. The number of rotatable bonds is 3. The Bertz CT molecular complexity index is 126. The van der Waals surface area contributed by atoms with E-state index in [0.717, 1.165) is 25.4 Å². The Morgan fingerprint density at radius 3 is 2.36 bits per heavy atom. The molecule has 1 aliphatic rings. The summed E-state index contributed by atoms with van der Waals surface area (Å²) in [7, 11) is 0. The van der Waals surface area contributed by atoms with Crippen LogP contribution in [0.15, 0.2) is 0 Å². The van der Waals surface area contributed by atoms with Crippen molar-refractivity contribution < 1.29 is 5.11 Å². The average Bonchev–Trinajstić information content (AvgIpc) is 1.98. The van der Waals surface area contributed by atoms with E-state index in [2.05, 4.69) is 25.7 Å². The molecule has 0 amide bonds. The van der Waals surface area contributed by atoms with Crippen LogP contribution in [0.5, 0.6) is 0 Å². The van der Waals surface area contributed by atoms with Gasteiger partial charge in [0.1, 0.15) is 0 Å². The summed E-state index contributed by atoms with van der Waals surface area (Å²) in [6.07, 6.45) is 1.04. The van der Waals surface area contributed by atoms with E-state index in [1.807, 2.05) is 0 Å². The molecule has 0 aromatic carbocycles. The Morgan fingerprint density at radius 2 is 2.09 bits per heavy atom. The molecule has 66 valence electrons. The molecule has 2 heteroatoms. The third-order valence-electron chi connectivity index (χ3n) is 2.93. The van der Waals surface area contributed by atoms with Crippen molar-refractivity contribution in [3.63, 3.8) is 0 Å². The molecule has 11 heavy (non-hydrogen) atoms. The Balaban J connectivity index is 2.43. The van der Waals surface area contributed by atoms with Crippen molar-refractivity contribution in [3.8, 4) is 0 Å². The minimum atomic E-state index is 0.0481. The highest BCUT2D eigenvalue weighted by Crippen LogP contribution is 2.27. The summed E-state index contributed by atoms with van der Waals surface area (Å²) in [5.74, 6) is 0.826. The first-order valence-corrected chi connectivity index (χ1v) is 4.48. The van der Waals surface area contributed by atoms with Gasteiger partial charge in [-0.25, -0.2) is 0 Å². The lowest BCUT2D eigenvalue weighted by Gasteiger charge is -2.49. The van der Waals surface area contributed by atoms with E-state index < -0.39 is 0 Å². The molecule has 0 aliphatic carbocycles. The van der Waals surface area contributed by atoms with Gasteiger partial charge in [0.2, 0.25) is 0 Å². The lowest BCUT2D eigenvalue weighted by atomic mass is 9.89. The summed E-state index contributed by atoms with van der Waals surface area (Å²) in [4.78, 5) is 2.37. The van der Waals surface area contributed by atoms with Gasteiger partial charge in [0, 0.05) is 18.6 Å². The van der Waals surface area contributed by atoms with E-state index in [4.69, 9.17) is 5.11 Å². The number of likely N-dealkylation sites (tertiary alicyclic amines) is 1. The van der Waals surface area contributed by atoms with Crippen molar-refractivity contribution in [2.24, 2.45) is 5.92 Å². The number of aliphatic hydroxyl groups is 1. The zero-order valence-electron chi connectivity index (χ0n) is 7.80. The minimum absolute atomic E-state index is 0.0481. The molecule has 1 unspecified atom stereocenters. The zero-order valence-corrected chi connectivity index (χ0v) is 7.80. The van der Waals surface area contributed by atoms with Crippen molar-refractivity contribution in [1.29, 1.82) is 0 Å². The van der Waals surface area contributed by atoms with E-state index in [-0.39, 0.29) is 12.1 Å². The molecule has 1 heterocycles. The van der Waals surface area contributed by atoms with Crippen molar-refractivity contribution in [2.45, 2.75) is 32.7 Å². The number of nitrogens with zero attached hydrogens (tertiary/aromatic N) is 1. The fraction of sp³-hybridized carbons (Fsp3) is 1.00. The number of hydrogen-bond donors (Lipinski definition) is 1. The molecule has 1 rings (SSSR count). The van der Waals surface area contributed by atoms with Crippen molar-refractivity contribution >= 4 is 0 Å². The van der Waals surface area contributed by atoms with Crippen molar-refractivity contribution in [1.82, 2.24) is 4.90 Å². The summed E-state index contributed by atoms with van der Waals surface area (Å²) in [6.45, 7) is 9.13. The van der Waals surface area contributed by atoms with E-state index in [0.29, 0.717) is 0 Å². The molecule has 2 nitrogen and oxygen atoms in total. The van der Waals surface area contributed by atoms with Crippen LogP contribution in [0, 0.1) is 5.92 Å². The van der Waals surface area contributed by atoms with Gasteiger partial charge in [-0.2, -0.15) is 0 Å². The van der Waals surface area contributed by atoms with Crippen LogP contribution >= 0.6 is 0 Å². The first kappa shape index (κ1) is 9.01. The molecule has 0 aromatic heterocycles. The topological polar surface area (TPSA) is 23.5 Å². The molecule has 1 atom stereocenters. The highest BCUT2D eigenvalue weighted by molar-refractivity contribution is 4.91. The van der Waals surface area contributed by atoms with E-state index in [1.165, 1.54) is 0 Å². The fourth-order valence-electron chi connectivity index (χ4n) is 1.58. The highest BCUT2D eigenvalue weighted by Gasteiger charge is 2.36. The van der Waals surface area contributed by atoms with Crippen LogP contribution in [0.3, 0.4) is 0 Å². The van der Waals surface area contributed by atoms with Crippen LogP contribution in [0.2, 0.25) is 0 Å². The molecule has 1 N–H and O–H groups in total. The standard InChI is InChI=1S/C9H19NO/c1-4-9(3,7-11)10-5-8(2)6-10/h8,11H,4-7H2,1-3H3. The molecule has 0 aromatic rings. The molecule has 0 spiro atoms. The summed E-state index contributed by atoms with van der Waals surface area (Å²) in [5.41, 5.74) is 0.0481. The number of hydrogen-bond acceptors (Lipinski definition) is 2. The van der Waals surface area contributed by atoms with Gasteiger partial charge < -0.3 is 5.11 Å². The lowest BCUT2D eigenvalue weighted by Crippen LogP contribution is -2.59. The summed E-state index contributed by atoms with van der Waals surface area (Å²) in [6, 6.07) is 0. The molecule has 0 saturated carbocycles. The summed E-state index contributed by atoms with van der Waals surface area (Å²) >= 11 is 0. The van der Waals surface area contributed by atoms with Crippen molar-refractivity contribution in [2.75, 3.05) is 19.7 Å². The van der Waals surface area contributed by atoms with Gasteiger partial charge in [-0.05, 0) is 19.3 Å². The van der Waals surface area contributed by atoms with E-state index in [1.54, 1.807) is 0 Å². The monoisotopic (exact) mass is 157 g/mol. The quantitative estimate of drug-likeness (QED) is 0.663. The SMILES string of the molecule is CCC(C)(CO)N1CC(C)C1. The first-order chi connectivity index (χ1) is 5.12. The zero-order chi connectivity index (χ0) is 8.48. The van der Waals surface area contributed by atoms with Crippen LogP contribution in [0.4, 0.5) is 0 Å². The minimum Gasteiger partial charge on any atom is -0.394 e. The second-order valence-corrected chi connectivity index (χ2v) is 4.02. The molecule has 1 fully saturated rings. The van der Waals surface area contributed by atoms with Crippen LogP contribution in [-0.2, 0) is 0 Å². The predicted octanol–water partition coefficient (Wildman–Crippen LogP) is 1.10. The maximum absolute atomic E-state index is 9.17. The summed E-state index contributed by atoms with van der Waals surface area (Å²) < 4.78 is 0. The van der Waals surface area contributed by atoms with Gasteiger partial charge in [-0.1, -0.05) is 13.8 Å². The maximum Gasteiger partial charge on any atom is 0.0612 e. The number of aliphatic hydroxyl groups excluding tert-OH is 1. The molecule has 0 bridgehead atoms. The largest absolute Gasteiger partial charge is 0.394 e. The predicted molar refractivity (Wildman–Crippen MR) is 46.5 cm³/mol. The molecule has 0 radical (unpaired) electrons. The third kappa shape index (κ3) is 1.57. The Hall–Kier alpha value is -0.0800. The normalized spacial score (nSPS) is 26.2. The van der Waals surface area contributed by atoms with Gasteiger partial charge in [0.25, 0.3) is 0 Å². The van der Waals surface area contributed by atoms with Gasteiger partial charge in [-0.15, -0.1) is 0 Å². The lowest BCUT2D eigenvalue weighted by molar-refractivity contribution is -0.0331. The molecule has 1 saturated heterocycles. The maximum atomic E-state index is 9.17. The van der Waals surface area contributed by atoms with Crippen LogP contribution < -0.4 is 0 Å². The van der Waals surface area contributed by atoms with Crippen LogP contribution in [0.25, 0.3) is 0 Å². The third-order valence-corrected chi connectivity index (χ3v) is 2.93. The van der Waals surface area contributed by atoms with Crippen molar-refractivity contribution in [3.05, 3.63) is 0 Å². The van der Waals surface area contributed by atoms with E-state index >= 15 is 0 Å². The molecular weight excluding hydrogens is 138 g/mol. The highest BCUT2D eigenvalue weighted by atomic mass is 16.3. The van der Waals surface area contributed by atoms with Crippen LogP contribution in [0.1, 0.15) is 27.2 Å². The molecular formula is C9H19NO. The first-order valence-electron chi connectivity index (χ1n) is 4.48. The smallest absolute Gasteiger partial charge is 0.0612 e. The van der Waals surface area contributed by atoms with Crippen LogP contribution in [-0.4, -0.2) is 35.2 Å². The Kier molecular flexibility index (Phi) is 2.55. The Labute approximate surface area is 69.2 Å². The van der Waals surface area contributed by atoms with Gasteiger partial charge in [0.05, 0.1) is 6.61 Å². The Morgan fingerprint density at radius 1 is 1.55 bits per heavy atom. The average molecular weight is 157 g/mol.